The zero-order valence-corrected chi connectivity index (χ0v) is 13.5. The van der Waals surface area contributed by atoms with Gasteiger partial charge in [-0.25, -0.2) is 4.98 Å². The number of imidazole rings is 1. The van der Waals surface area contributed by atoms with Gasteiger partial charge in [0.2, 0.25) is 0 Å². The van der Waals surface area contributed by atoms with Crippen molar-refractivity contribution in [1.29, 1.82) is 0 Å². The predicted octanol–water partition coefficient (Wildman–Crippen LogP) is 4.47. The van der Waals surface area contributed by atoms with Crippen LogP contribution >= 0.6 is 39.5 Å². The van der Waals surface area contributed by atoms with Crippen molar-refractivity contribution in [2.75, 3.05) is 0 Å². The van der Waals surface area contributed by atoms with E-state index in [1.165, 1.54) is 8.66 Å². The van der Waals surface area contributed by atoms with Crippen molar-refractivity contribution in [3.05, 3.63) is 43.4 Å². The molecule has 0 aliphatic rings. The van der Waals surface area contributed by atoms with Gasteiger partial charge in [-0.1, -0.05) is 0 Å². The van der Waals surface area contributed by atoms with Gasteiger partial charge in [0.25, 0.3) is 0 Å². The molecule has 98 valence electrons. The molecule has 0 bridgehead atoms. The summed E-state index contributed by atoms with van der Waals surface area (Å²) in [6, 6.07) is 6.30. The number of rotatable bonds is 3. The molecule has 0 amide bonds. The highest BCUT2D eigenvalue weighted by molar-refractivity contribution is 9.11. The number of fused-ring (bicyclic) bond motifs is 1. The topological polar surface area (TPSA) is 33.6 Å². The molecule has 3 rings (SSSR count). The third kappa shape index (κ3) is 2.66. The molecule has 0 radical (unpaired) electrons. The molecule has 0 aliphatic heterocycles. The van der Waals surface area contributed by atoms with E-state index in [2.05, 4.69) is 48.7 Å². The Morgan fingerprint density at radius 1 is 1.47 bits per heavy atom. The SMILES string of the molecule is Cc1cnc2c(c1)[nH]c(=S)n2CCc1ccc(Br)s1. The monoisotopic (exact) mass is 353 g/mol. The molecular formula is C13H12BrN3S2. The van der Waals surface area contributed by atoms with Crippen molar-refractivity contribution in [3.63, 3.8) is 0 Å². The number of nitrogens with one attached hydrogen (secondary N) is 1. The van der Waals surface area contributed by atoms with Gasteiger partial charge in [-0.2, -0.15) is 0 Å². The zero-order valence-electron chi connectivity index (χ0n) is 10.3. The summed E-state index contributed by atoms with van der Waals surface area (Å²) in [5.41, 5.74) is 3.08. The van der Waals surface area contributed by atoms with Crippen LogP contribution < -0.4 is 0 Å². The van der Waals surface area contributed by atoms with Crippen LogP contribution in [0.2, 0.25) is 0 Å². The molecular weight excluding hydrogens is 342 g/mol. The predicted molar refractivity (Wildman–Crippen MR) is 85.4 cm³/mol. The fraction of sp³-hybridized carbons (Fsp3) is 0.231. The van der Waals surface area contributed by atoms with Crippen LogP contribution in [0.25, 0.3) is 11.2 Å². The number of halogens is 1. The maximum atomic E-state index is 5.38. The second-order valence-corrected chi connectivity index (χ2v) is 7.36. The summed E-state index contributed by atoms with van der Waals surface area (Å²) < 4.78 is 3.97. The van der Waals surface area contributed by atoms with Crippen molar-refractivity contribution in [1.82, 2.24) is 14.5 Å². The maximum absolute atomic E-state index is 5.38. The second kappa shape index (κ2) is 5.19. The van der Waals surface area contributed by atoms with Gasteiger partial charge in [0, 0.05) is 17.6 Å². The van der Waals surface area contributed by atoms with Gasteiger partial charge in [-0.3, -0.25) is 0 Å². The maximum Gasteiger partial charge on any atom is 0.179 e. The number of aromatic amines is 1. The lowest BCUT2D eigenvalue weighted by molar-refractivity contribution is 0.706. The van der Waals surface area contributed by atoms with Crippen LogP contribution in [0.3, 0.4) is 0 Å². The molecule has 3 heterocycles. The Balaban J connectivity index is 1.92. The Morgan fingerprint density at radius 2 is 2.32 bits per heavy atom. The fourth-order valence-electron chi connectivity index (χ4n) is 2.06. The van der Waals surface area contributed by atoms with E-state index in [1.54, 1.807) is 11.3 Å². The van der Waals surface area contributed by atoms with Gasteiger partial charge < -0.3 is 9.55 Å². The lowest BCUT2D eigenvalue weighted by atomic mass is 10.3. The van der Waals surface area contributed by atoms with E-state index in [0.29, 0.717) is 0 Å². The van der Waals surface area contributed by atoms with Crippen LogP contribution in [-0.4, -0.2) is 14.5 Å². The smallest absolute Gasteiger partial charge is 0.179 e. The van der Waals surface area contributed by atoms with Crippen molar-refractivity contribution in [2.24, 2.45) is 0 Å². The van der Waals surface area contributed by atoms with Gasteiger partial charge in [0.15, 0.2) is 10.4 Å². The van der Waals surface area contributed by atoms with E-state index >= 15 is 0 Å². The molecule has 19 heavy (non-hydrogen) atoms. The van der Waals surface area contributed by atoms with Crippen LogP contribution in [0.15, 0.2) is 28.2 Å². The molecule has 0 saturated heterocycles. The standard InChI is InChI=1S/C13H12BrN3S2/c1-8-6-10-12(15-7-8)17(13(18)16-10)5-4-9-2-3-11(14)19-9/h2-3,6-7H,4-5H2,1H3,(H,16,18). The van der Waals surface area contributed by atoms with Crippen molar-refractivity contribution < 1.29 is 0 Å². The fourth-order valence-corrected chi connectivity index (χ4v) is 3.82. The highest BCUT2D eigenvalue weighted by Crippen LogP contribution is 2.23. The number of aromatic nitrogens is 3. The molecule has 0 aliphatic carbocycles. The van der Waals surface area contributed by atoms with E-state index in [1.807, 2.05) is 13.1 Å². The Bertz CT molecular complexity index is 785. The number of hydrogen-bond donors (Lipinski definition) is 1. The van der Waals surface area contributed by atoms with Crippen molar-refractivity contribution in [3.8, 4) is 0 Å². The van der Waals surface area contributed by atoms with Gasteiger partial charge >= 0.3 is 0 Å². The number of pyridine rings is 1. The Kier molecular flexibility index (Phi) is 3.56. The first-order chi connectivity index (χ1) is 9.13. The van der Waals surface area contributed by atoms with Crippen LogP contribution in [0.5, 0.6) is 0 Å². The Hall–Kier alpha value is -0.980. The van der Waals surface area contributed by atoms with Gasteiger partial charge in [-0.15, -0.1) is 11.3 Å². The molecule has 3 nitrogen and oxygen atoms in total. The highest BCUT2D eigenvalue weighted by atomic mass is 79.9. The van der Waals surface area contributed by atoms with Crippen LogP contribution in [0.4, 0.5) is 0 Å². The molecule has 0 unspecified atom stereocenters. The molecule has 0 saturated carbocycles. The number of hydrogen-bond acceptors (Lipinski definition) is 3. The largest absolute Gasteiger partial charge is 0.329 e. The van der Waals surface area contributed by atoms with E-state index in [9.17, 15) is 0 Å². The number of nitrogens with zero attached hydrogens (tertiary/aromatic N) is 2. The van der Waals surface area contributed by atoms with Crippen LogP contribution in [-0.2, 0) is 13.0 Å². The molecule has 1 N–H and O–H groups in total. The zero-order chi connectivity index (χ0) is 13.4. The number of H-pyrrole nitrogens is 1. The molecule has 3 aromatic rings. The van der Waals surface area contributed by atoms with E-state index < -0.39 is 0 Å². The van der Waals surface area contributed by atoms with E-state index in [4.69, 9.17) is 12.2 Å². The minimum absolute atomic E-state index is 0.740. The summed E-state index contributed by atoms with van der Waals surface area (Å²) in [5.74, 6) is 0. The lowest BCUT2D eigenvalue weighted by Crippen LogP contribution is -2.01. The summed E-state index contributed by atoms with van der Waals surface area (Å²) in [6.07, 6.45) is 2.84. The number of thiophene rings is 1. The minimum atomic E-state index is 0.740. The molecule has 0 fully saturated rings. The summed E-state index contributed by atoms with van der Waals surface area (Å²) >= 11 is 10.6. The van der Waals surface area contributed by atoms with E-state index in [0.717, 1.165) is 34.5 Å². The first-order valence-corrected chi connectivity index (χ1v) is 7.94. The van der Waals surface area contributed by atoms with Gasteiger partial charge in [0.05, 0.1) is 9.30 Å². The first-order valence-electron chi connectivity index (χ1n) is 5.93. The third-order valence-electron chi connectivity index (χ3n) is 2.96. The summed E-state index contributed by atoms with van der Waals surface area (Å²) in [4.78, 5) is 9.04. The van der Waals surface area contributed by atoms with E-state index in [-0.39, 0.29) is 0 Å². The Labute approximate surface area is 128 Å². The van der Waals surface area contributed by atoms with Crippen LogP contribution in [0.1, 0.15) is 10.4 Å². The van der Waals surface area contributed by atoms with Crippen molar-refractivity contribution >= 4 is 50.6 Å². The average Bonchev–Trinajstić information content (AvgIpc) is 2.89. The molecule has 0 atom stereocenters. The molecule has 0 aromatic carbocycles. The third-order valence-corrected chi connectivity index (χ3v) is 4.96. The Morgan fingerprint density at radius 3 is 3.05 bits per heavy atom. The quantitative estimate of drug-likeness (QED) is 0.704. The van der Waals surface area contributed by atoms with Gasteiger partial charge in [0.1, 0.15) is 0 Å². The highest BCUT2D eigenvalue weighted by Gasteiger charge is 2.06. The van der Waals surface area contributed by atoms with Crippen LogP contribution in [0, 0.1) is 11.7 Å². The second-order valence-electron chi connectivity index (χ2n) is 4.42. The molecule has 6 heteroatoms. The number of aryl methyl sites for hydroxylation is 3. The normalized spacial score (nSPS) is 11.3. The van der Waals surface area contributed by atoms with Gasteiger partial charge in [-0.05, 0) is 65.3 Å². The lowest BCUT2D eigenvalue weighted by Gasteiger charge is -2.02. The molecule has 3 aromatic heterocycles. The average molecular weight is 354 g/mol. The summed E-state index contributed by atoms with van der Waals surface area (Å²) in [6.45, 7) is 2.88. The summed E-state index contributed by atoms with van der Waals surface area (Å²) in [5, 5.41) is 0. The first kappa shape index (κ1) is 13.0. The van der Waals surface area contributed by atoms with Crippen molar-refractivity contribution in [2.45, 2.75) is 19.9 Å². The summed E-state index contributed by atoms with van der Waals surface area (Å²) in [7, 11) is 0. The minimum Gasteiger partial charge on any atom is -0.329 e. The molecule has 0 spiro atoms.